The van der Waals surface area contributed by atoms with Gasteiger partial charge in [-0.3, -0.25) is 14.9 Å². The molecule has 4 aromatic rings. The molecule has 0 amide bonds. The first-order valence-corrected chi connectivity index (χ1v) is 14.8. The molecule has 232 valence electrons. The lowest BCUT2D eigenvalue weighted by Crippen LogP contribution is -2.31. The Balaban J connectivity index is 1.68. The Hall–Kier alpha value is -5.30. The number of anilines is 1. The number of nitrogens with one attached hydrogen (secondary N) is 2. The Kier molecular flexibility index (Phi) is 9.38. The third-order valence-corrected chi connectivity index (χ3v) is 8.07. The number of rotatable bonds is 11. The number of nitro groups is 1. The van der Waals surface area contributed by atoms with Gasteiger partial charge in [0.2, 0.25) is 5.75 Å². The van der Waals surface area contributed by atoms with Crippen molar-refractivity contribution in [1.82, 2.24) is 9.97 Å². The molecule has 1 atom stereocenters. The number of benzene rings is 3. The second-order valence-corrected chi connectivity index (χ2v) is 10.7. The van der Waals surface area contributed by atoms with Crippen LogP contribution in [-0.4, -0.2) is 48.8 Å². The monoisotopic (exact) mass is 630 g/mol. The fourth-order valence-corrected chi connectivity index (χ4v) is 5.91. The van der Waals surface area contributed by atoms with Gasteiger partial charge < -0.3 is 29.2 Å². The second kappa shape index (κ2) is 13.6. The van der Waals surface area contributed by atoms with Crippen LogP contribution in [0.3, 0.4) is 0 Å². The van der Waals surface area contributed by atoms with Gasteiger partial charge in [-0.05, 0) is 35.7 Å². The average Bonchev–Trinajstić information content (AvgIpc) is 3.06. The number of nitro benzene ring substituents is 1. The van der Waals surface area contributed by atoms with Crippen LogP contribution in [0, 0.1) is 10.1 Å². The number of methoxy groups -OCH3 is 3. The van der Waals surface area contributed by atoms with Crippen LogP contribution in [0.2, 0.25) is 0 Å². The van der Waals surface area contributed by atoms with Gasteiger partial charge in [0.1, 0.15) is 5.82 Å². The van der Waals surface area contributed by atoms with E-state index in [0.29, 0.717) is 45.0 Å². The highest BCUT2D eigenvalue weighted by Gasteiger charge is 2.39. The van der Waals surface area contributed by atoms with Crippen molar-refractivity contribution in [3.8, 4) is 17.2 Å². The quantitative estimate of drug-likeness (QED) is 0.0707. The molecule has 1 unspecified atom stereocenters. The summed E-state index contributed by atoms with van der Waals surface area (Å²) in [6, 6.07) is 18.8. The Bertz CT molecular complexity index is 1800. The molecule has 0 spiro atoms. The van der Waals surface area contributed by atoms with Crippen LogP contribution in [0.4, 0.5) is 11.5 Å². The van der Waals surface area contributed by atoms with Crippen molar-refractivity contribution < 1.29 is 28.7 Å². The molecular weight excluding hydrogens is 600 g/mol. The van der Waals surface area contributed by atoms with Gasteiger partial charge in [0.05, 0.1) is 55.6 Å². The fraction of sp³-hybridized carbons (Fsp3) is 0.219. The van der Waals surface area contributed by atoms with Gasteiger partial charge in [0.15, 0.2) is 16.7 Å². The molecule has 2 heterocycles. The molecule has 5 rings (SSSR count). The zero-order valence-corrected chi connectivity index (χ0v) is 25.7. The lowest BCUT2D eigenvalue weighted by molar-refractivity contribution is -0.384. The van der Waals surface area contributed by atoms with Crippen molar-refractivity contribution in [2.75, 3.05) is 33.3 Å². The van der Waals surface area contributed by atoms with E-state index in [0.717, 1.165) is 5.56 Å². The molecule has 1 aliphatic rings. The average molecular weight is 631 g/mol. The predicted molar refractivity (Wildman–Crippen MR) is 169 cm³/mol. The van der Waals surface area contributed by atoms with Gasteiger partial charge in [0, 0.05) is 17.9 Å². The first kappa shape index (κ1) is 31.1. The highest BCUT2D eigenvalue weighted by Crippen LogP contribution is 2.47. The summed E-state index contributed by atoms with van der Waals surface area (Å²) in [5, 5.41) is 14.6. The Morgan fingerprint density at radius 2 is 1.67 bits per heavy atom. The third kappa shape index (κ3) is 6.34. The minimum Gasteiger partial charge on any atom is -0.493 e. The topological polar surface area (TPSA) is 155 Å². The smallest absolute Gasteiger partial charge is 0.337 e. The molecule has 0 aliphatic carbocycles. The first-order chi connectivity index (χ1) is 21.8. The molecule has 45 heavy (non-hydrogen) atoms. The van der Waals surface area contributed by atoms with Crippen LogP contribution in [-0.2, 0) is 15.3 Å². The van der Waals surface area contributed by atoms with Crippen LogP contribution in [0.25, 0.3) is 5.70 Å². The molecule has 13 heteroatoms. The summed E-state index contributed by atoms with van der Waals surface area (Å²) in [6.45, 7) is 1.83. The van der Waals surface area contributed by atoms with E-state index in [2.05, 4.69) is 10.3 Å². The minimum atomic E-state index is -0.936. The number of H-pyrrole nitrogens is 1. The summed E-state index contributed by atoms with van der Waals surface area (Å²) in [6.07, 6.45) is 0. The van der Waals surface area contributed by atoms with Gasteiger partial charge in [-0.1, -0.05) is 54.2 Å². The molecule has 0 bridgehead atoms. The number of non-ortho nitro benzene ring substituents is 1. The molecule has 0 saturated heterocycles. The number of aromatic amines is 1. The maximum absolute atomic E-state index is 13.9. The van der Waals surface area contributed by atoms with E-state index < -0.39 is 22.4 Å². The molecule has 1 aliphatic heterocycles. The van der Waals surface area contributed by atoms with Crippen LogP contribution >= 0.6 is 11.8 Å². The Morgan fingerprint density at radius 3 is 2.24 bits per heavy atom. The van der Waals surface area contributed by atoms with E-state index in [4.69, 9.17) is 23.9 Å². The largest absolute Gasteiger partial charge is 0.493 e. The van der Waals surface area contributed by atoms with Gasteiger partial charge in [-0.15, -0.1) is 0 Å². The normalized spacial score (nSPS) is 13.8. The van der Waals surface area contributed by atoms with Crippen LogP contribution in [0.1, 0.15) is 35.1 Å². The van der Waals surface area contributed by atoms with E-state index in [1.807, 2.05) is 30.3 Å². The first-order valence-electron chi connectivity index (χ1n) is 13.8. The number of hydrogen-bond acceptors (Lipinski definition) is 11. The number of carbonyl (C=O) groups excluding carboxylic acids is 1. The minimum absolute atomic E-state index is 0.0104. The summed E-state index contributed by atoms with van der Waals surface area (Å²) >= 11 is 1.26. The highest BCUT2D eigenvalue weighted by molar-refractivity contribution is 7.98. The molecule has 1 aromatic heterocycles. The Morgan fingerprint density at radius 1 is 1.00 bits per heavy atom. The van der Waals surface area contributed by atoms with Crippen LogP contribution < -0.4 is 25.1 Å². The second-order valence-electron chi connectivity index (χ2n) is 9.74. The van der Waals surface area contributed by atoms with Crippen molar-refractivity contribution in [2.24, 2.45) is 0 Å². The van der Waals surface area contributed by atoms with Crippen LogP contribution in [0.5, 0.6) is 17.2 Å². The van der Waals surface area contributed by atoms with Crippen molar-refractivity contribution in [3.63, 3.8) is 0 Å². The van der Waals surface area contributed by atoms with Gasteiger partial charge in [0.25, 0.3) is 11.2 Å². The summed E-state index contributed by atoms with van der Waals surface area (Å²) < 4.78 is 22.2. The zero-order valence-electron chi connectivity index (χ0n) is 24.9. The predicted octanol–water partition coefficient (Wildman–Crippen LogP) is 5.53. The van der Waals surface area contributed by atoms with Crippen molar-refractivity contribution in [3.05, 3.63) is 115 Å². The van der Waals surface area contributed by atoms with E-state index >= 15 is 0 Å². The number of esters is 1. The summed E-state index contributed by atoms with van der Waals surface area (Å²) in [5.41, 5.74) is 2.38. The van der Waals surface area contributed by atoms with E-state index in [1.165, 1.54) is 45.2 Å². The number of hydrogen-bond donors (Lipinski definition) is 2. The Labute approximate surface area is 262 Å². The lowest BCUT2D eigenvalue weighted by Gasteiger charge is -2.30. The number of carbonyl (C=O) groups is 1. The number of aromatic nitrogens is 2. The van der Waals surface area contributed by atoms with Gasteiger partial charge in [-0.2, -0.15) is 0 Å². The SMILES string of the molecule is CCOC(=O)C1=C(c2ccccc2)Nc2nc(SCc3ccc([N+](=O)[O-])cc3)[nH]c(=O)c2C1c1cc(OC)c(OC)c(OC)c1. The van der Waals surface area contributed by atoms with E-state index in [1.54, 1.807) is 31.2 Å². The van der Waals surface area contributed by atoms with Gasteiger partial charge >= 0.3 is 5.97 Å². The van der Waals surface area contributed by atoms with Crippen LogP contribution in [0.15, 0.2) is 82.3 Å². The lowest BCUT2D eigenvalue weighted by atomic mass is 9.80. The zero-order chi connectivity index (χ0) is 32.1. The molecular formula is C32H30N4O8S. The number of ether oxygens (including phenoxy) is 4. The number of nitrogens with zero attached hydrogens (tertiary/aromatic N) is 2. The molecule has 2 N–H and O–H groups in total. The summed E-state index contributed by atoms with van der Waals surface area (Å²) in [5.74, 6) is 0.153. The summed E-state index contributed by atoms with van der Waals surface area (Å²) in [4.78, 5) is 45.8. The molecule has 12 nitrogen and oxygen atoms in total. The molecule has 3 aromatic carbocycles. The van der Waals surface area contributed by atoms with Gasteiger partial charge in [-0.25, -0.2) is 9.78 Å². The molecule has 0 saturated carbocycles. The third-order valence-electron chi connectivity index (χ3n) is 7.12. The molecule has 0 fully saturated rings. The maximum Gasteiger partial charge on any atom is 0.337 e. The molecule has 0 radical (unpaired) electrons. The van der Waals surface area contributed by atoms with Crippen molar-refractivity contribution in [1.29, 1.82) is 0 Å². The fourth-order valence-electron chi connectivity index (χ4n) is 5.10. The standard InChI is InChI=1S/C32H30N4O8S/c1-5-44-31(38)25-24(20-15-22(41-2)28(43-4)23(16-20)42-3)26-29(33-27(25)19-9-7-6-8-10-19)34-32(35-30(26)37)45-17-18-11-13-21(14-12-18)36(39)40/h6-16,24H,5,17H2,1-4H3,(H2,33,34,35,37). The van der Waals surface area contributed by atoms with Crippen molar-refractivity contribution in [2.45, 2.75) is 23.8 Å². The number of thioether (sulfide) groups is 1. The maximum atomic E-state index is 13.9. The van der Waals surface area contributed by atoms with E-state index in [-0.39, 0.29) is 29.2 Å². The highest BCUT2D eigenvalue weighted by atomic mass is 32.2. The van der Waals surface area contributed by atoms with E-state index in [9.17, 15) is 19.7 Å². The number of fused-ring (bicyclic) bond motifs is 1. The van der Waals surface area contributed by atoms with Crippen molar-refractivity contribution >= 4 is 34.9 Å². The summed E-state index contributed by atoms with van der Waals surface area (Å²) in [7, 11) is 4.46.